The van der Waals surface area contributed by atoms with Crippen LogP contribution < -0.4 is 4.89 Å². The zero-order valence-corrected chi connectivity index (χ0v) is 16.6. The predicted octanol–water partition coefficient (Wildman–Crippen LogP) is 2.41. The summed E-state index contributed by atoms with van der Waals surface area (Å²) < 4.78 is 48.6. The number of benzene rings is 2. The highest BCUT2D eigenvalue weighted by Crippen LogP contribution is 2.24. The van der Waals surface area contributed by atoms with Crippen LogP contribution in [0.15, 0.2) is 64.4 Å². The highest BCUT2D eigenvalue weighted by molar-refractivity contribution is 7.93. The minimum atomic E-state index is -4.37. The van der Waals surface area contributed by atoms with E-state index in [0.717, 1.165) is 12.3 Å². The molecule has 1 N–H and O–H groups in total. The quantitative estimate of drug-likeness (QED) is 0.669. The molecule has 0 aliphatic carbocycles. The van der Waals surface area contributed by atoms with Gasteiger partial charge in [0.25, 0.3) is 10.0 Å². The normalized spacial score (nSPS) is 13.1. The summed E-state index contributed by atoms with van der Waals surface area (Å²) >= 11 is 0. The summed E-state index contributed by atoms with van der Waals surface area (Å²) in [6.07, 6.45) is 2.07. The van der Waals surface area contributed by atoms with Crippen molar-refractivity contribution in [3.63, 3.8) is 0 Å². The van der Waals surface area contributed by atoms with Crippen molar-refractivity contribution in [3.8, 4) is 0 Å². The molecule has 146 valence electrons. The molecule has 2 rings (SSSR count). The molecule has 1 atom stereocenters. The van der Waals surface area contributed by atoms with E-state index in [1.807, 2.05) is 13.0 Å². The van der Waals surface area contributed by atoms with E-state index in [-0.39, 0.29) is 4.90 Å². The van der Waals surface area contributed by atoms with E-state index in [9.17, 15) is 21.6 Å². The molecule has 7 nitrogen and oxygen atoms in total. The van der Waals surface area contributed by atoms with E-state index in [2.05, 4.69) is 0 Å². The largest absolute Gasteiger partial charge is 0.355 e. The SMILES string of the molecule is CCCC(C(=O)ONS(=O)(=O)c1ccccc1S(C)(=O)=O)c1ccccc1. The predicted molar refractivity (Wildman–Crippen MR) is 100 cm³/mol. The fourth-order valence-electron chi connectivity index (χ4n) is 2.59. The topological polar surface area (TPSA) is 107 Å². The summed E-state index contributed by atoms with van der Waals surface area (Å²) in [6, 6.07) is 14.0. The average Bonchev–Trinajstić information content (AvgIpc) is 2.64. The molecule has 0 spiro atoms. The summed E-state index contributed by atoms with van der Waals surface area (Å²) in [5.41, 5.74) is 0.708. The monoisotopic (exact) mass is 411 g/mol. The van der Waals surface area contributed by atoms with Crippen LogP contribution in [0.25, 0.3) is 0 Å². The highest BCUT2D eigenvalue weighted by Gasteiger charge is 2.27. The first-order valence-electron chi connectivity index (χ1n) is 8.23. The molecule has 0 aromatic heterocycles. The van der Waals surface area contributed by atoms with E-state index in [0.29, 0.717) is 18.4 Å². The second-order valence-corrected chi connectivity index (χ2v) is 9.58. The van der Waals surface area contributed by atoms with Crippen molar-refractivity contribution < 1.29 is 26.5 Å². The first kappa shape index (κ1) is 21.1. The van der Waals surface area contributed by atoms with Gasteiger partial charge in [0.2, 0.25) is 0 Å². The van der Waals surface area contributed by atoms with E-state index < -0.39 is 36.6 Å². The highest BCUT2D eigenvalue weighted by atomic mass is 32.2. The van der Waals surface area contributed by atoms with Gasteiger partial charge in [0, 0.05) is 6.26 Å². The molecular weight excluding hydrogens is 390 g/mol. The lowest BCUT2D eigenvalue weighted by Crippen LogP contribution is -2.31. The first-order chi connectivity index (χ1) is 12.7. The van der Waals surface area contributed by atoms with Gasteiger partial charge in [-0.1, -0.05) is 55.8 Å². The number of carbonyl (C=O) groups excluding carboxylic acids is 1. The lowest BCUT2D eigenvalue weighted by molar-refractivity contribution is -0.149. The van der Waals surface area contributed by atoms with Crippen molar-refractivity contribution in [2.24, 2.45) is 0 Å². The van der Waals surface area contributed by atoms with Crippen molar-refractivity contribution >= 4 is 25.8 Å². The summed E-state index contributed by atoms with van der Waals surface area (Å²) in [7, 11) is -8.15. The summed E-state index contributed by atoms with van der Waals surface area (Å²) in [5, 5.41) is 0. The molecule has 0 saturated carbocycles. The van der Waals surface area contributed by atoms with Gasteiger partial charge >= 0.3 is 5.97 Å². The third kappa shape index (κ3) is 5.38. The van der Waals surface area contributed by atoms with Gasteiger partial charge in [0.05, 0.1) is 10.8 Å². The second kappa shape index (κ2) is 8.64. The molecule has 2 aromatic carbocycles. The maximum Gasteiger partial charge on any atom is 0.333 e. The van der Waals surface area contributed by atoms with Gasteiger partial charge in [-0.2, -0.15) is 0 Å². The summed E-state index contributed by atoms with van der Waals surface area (Å²) in [4.78, 5) is 18.2. The molecule has 0 radical (unpaired) electrons. The maximum atomic E-state index is 12.5. The Hall–Kier alpha value is -2.23. The van der Waals surface area contributed by atoms with Crippen molar-refractivity contribution in [2.45, 2.75) is 35.5 Å². The average molecular weight is 412 g/mol. The molecule has 0 aliphatic heterocycles. The van der Waals surface area contributed by atoms with Crippen LogP contribution in [0.2, 0.25) is 0 Å². The van der Waals surface area contributed by atoms with Gasteiger partial charge in [-0.15, -0.1) is 0 Å². The van der Waals surface area contributed by atoms with Crippen LogP contribution in [0.1, 0.15) is 31.2 Å². The standard InChI is InChI=1S/C18H21NO6S2/c1-3-9-15(14-10-5-4-6-11-14)18(20)25-19-27(23,24)17-13-8-7-12-16(17)26(2,21)22/h4-8,10-13,15,19H,3,9H2,1-2H3. The Bertz CT molecular complexity index is 1000. The van der Waals surface area contributed by atoms with Gasteiger partial charge < -0.3 is 4.84 Å². The third-order valence-corrected chi connectivity index (χ3v) is 6.38. The Kier molecular flexibility index (Phi) is 6.74. The van der Waals surface area contributed by atoms with Gasteiger partial charge in [0.15, 0.2) is 9.84 Å². The summed E-state index contributed by atoms with van der Waals surface area (Å²) in [6.45, 7) is 1.90. The van der Waals surface area contributed by atoms with Gasteiger partial charge in [0.1, 0.15) is 4.90 Å². The molecule has 1 unspecified atom stereocenters. The van der Waals surface area contributed by atoms with E-state index in [4.69, 9.17) is 4.84 Å². The van der Waals surface area contributed by atoms with Crippen molar-refractivity contribution in [2.75, 3.05) is 6.26 Å². The summed E-state index contributed by atoms with van der Waals surface area (Å²) in [5.74, 6) is -1.40. The molecule has 9 heteroatoms. The number of sulfone groups is 1. The maximum absolute atomic E-state index is 12.5. The molecule has 0 amide bonds. The van der Waals surface area contributed by atoms with Gasteiger partial charge in [-0.3, -0.25) is 0 Å². The van der Waals surface area contributed by atoms with E-state index in [1.54, 1.807) is 29.2 Å². The number of hydrogen-bond acceptors (Lipinski definition) is 6. The minimum absolute atomic E-state index is 0.373. The van der Waals surface area contributed by atoms with Crippen LogP contribution in [-0.4, -0.2) is 29.1 Å². The molecule has 0 aliphatic rings. The van der Waals surface area contributed by atoms with Crippen molar-refractivity contribution in [1.82, 2.24) is 4.89 Å². The second-order valence-electron chi connectivity index (χ2n) is 5.98. The van der Waals surface area contributed by atoms with Gasteiger partial charge in [-0.25, -0.2) is 21.6 Å². The Balaban J connectivity index is 2.23. The van der Waals surface area contributed by atoms with Crippen LogP contribution >= 0.6 is 0 Å². The Morgan fingerprint density at radius 2 is 1.52 bits per heavy atom. The fraction of sp³-hybridized carbons (Fsp3) is 0.278. The molecule has 2 aromatic rings. The Labute approximate surface area is 159 Å². The van der Waals surface area contributed by atoms with Crippen LogP contribution in [0.3, 0.4) is 0 Å². The van der Waals surface area contributed by atoms with Crippen molar-refractivity contribution in [1.29, 1.82) is 0 Å². The Morgan fingerprint density at radius 1 is 0.963 bits per heavy atom. The number of sulfonamides is 1. The third-order valence-electron chi connectivity index (χ3n) is 3.85. The molecule has 0 bridgehead atoms. The zero-order chi connectivity index (χ0) is 20.1. The molecule has 27 heavy (non-hydrogen) atoms. The van der Waals surface area contributed by atoms with Gasteiger partial charge in [-0.05, 0) is 29.0 Å². The molecular formula is C18H21NO6S2. The lowest BCUT2D eigenvalue weighted by atomic mass is 9.95. The van der Waals surface area contributed by atoms with Crippen LogP contribution in [0.5, 0.6) is 0 Å². The number of rotatable bonds is 8. The number of carbonyl (C=O) groups is 1. The van der Waals surface area contributed by atoms with Crippen LogP contribution in [0.4, 0.5) is 0 Å². The van der Waals surface area contributed by atoms with Crippen LogP contribution in [-0.2, 0) is 29.5 Å². The molecule has 0 fully saturated rings. The van der Waals surface area contributed by atoms with Crippen LogP contribution in [0, 0.1) is 0 Å². The number of hydrogen-bond donors (Lipinski definition) is 1. The number of nitrogens with one attached hydrogen (secondary N) is 1. The smallest absolute Gasteiger partial charge is 0.333 e. The van der Waals surface area contributed by atoms with Crippen molar-refractivity contribution in [3.05, 3.63) is 60.2 Å². The molecule has 0 heterocycles. The lowest BCUT2D eigenvalue weighted by Gasteiger charge is -2.16. The first-order valence-corrected chi connectivity index (χ1v) is 11.6. The fourth-order valence-corrected chi connectivity index (χ4v) is 5.00. The van der Waals surface area contributed by atoms with E-state index >= 15 is 0 Å². The zero-order valence-electron chi connectivity index (χ0n) is 15.0. The minimum Gasteiger partial charge on any atom is -0.355 e. The Morgan fingerprint density at radius 3 is 2.07 bits per heavy atom. The van der Waals surface area contributed by atoms with E-state index in [1.165, 1.54) is 18.2 Å². The molecule has 0 saturated heterocycles.